The Hall–Kier alpha value is -2.41. The minimum atomic E-state index is -4.45. The van der Waals surface area contributed by atoms with Crippen LogP contribution in [0, 0.1) is 5.41 Å². The summed E-state index contributed by atoms with van der Waals surface area (Å²) in [5.41, 5.74) is -1.04. The molecule has 0 bridgehead atoms. The largest absolute Gasteiger partial charge is 0.479 e. The molecule has 0 unspecified atom stereocenters. The maximum atomic E-state index is 12.3. The van der Waals surface area contributed by atoms with Gasteiger partial charge in [-0.2, -0.15) is 13.2 Å². The first-order chi connectivity index (χ1) is 14.0. The number of aryl methyl sites for hydroxylation is 1. The van der Waals surface area contributed by atoms with E-state index in [1.54, 1.807) is 39.0 Å². The fourth-order valence-electron chi connectivity index (χ4n) is 3.07. The van der Waals surface area contributed by atoms with Gasteiger partial charge in [-0.15, -0.1) is 0 Å². The highest BCUT2D eigenvalue weighted by Gasteiger charge is 2.31. The van der Waals surface area contributed by atoms with E-state index < -0.39 is 23.0 Å². The van der Waals surface area contributed by atoms with Crippen molar-refractivity contribution in [2.75, 3.05) is 0 Å². The normalized spacial score (nSPS) is 14.4. The summed E-state index contributed by atoms with van der Waals surface area (Å²) < 4.78 is 47.1. The van der Waals surface area contributed by atoms with Crippen LogP contribution in [-0.4, -0.2) is 11.5 Å². The minimum Gasteiger partial charge on any atom is -0.426 e. The Kier molecular flexibility index (Phi) is 6.50. The average molecular weight is 436 g/mol. The Morgan fingerprint density at radius 2 is 1.67 bits per heavy atom. The highest BCUT2D eigenvalue weighted by Crippen LogP contribution is 2.36. The van der Waals surface area contributed by atoms with Gasteiger partial charge in [-0.05, 0) is 86.6 Å². The summed E-state index contributed by atoms with van der Waals surface area (Å²) >= 11 is -0.528. The molecule has 160 valence electrons. The first-order valence-corrected chi connectivity index (χ1v) is 10.4. The van der Waals surface area contributed by atoms with Crippen molar-refractivity contribution in [3.63, 3.8) is 0 Å². The van der Waals surface area contributed by atoms with Gasteiger partial charge in [0.05, 0.1) is 5.41 Å². The van der Waals surface area contributed by atoms with Crippen LogP contribution in [0.3, 0.4) is 0 Å². The topological polar surface area (TPSA) is 35.5 Å². The Bertz CT molecular complexity index is 942. The lowest BCUT2D eigenvalue weighted by Gasteiger charge is -2.18. The van der Waals surface area contributed by atoms with E-state index >= 15 is 0 Å². The van der Waals surface area contributed by atoms with Gasteiger partial charge in [0, 0.05) is 0 Å². The molecule has 2 aromatic carbocycles. The van der Waals surface area contributed by atoms with Crippen LogP contribution >= 0.6 is 12.0 Å². The van der Waals surface area contributed by atoms with Crippen molar-refractivity contribution in [3.8, 4) is 11.5 Å². The molecule has 1 aliphatic carbocycles. The molecular formula is C23H23F3O3S. The fourth-order valence-corrected chi connectivity index (χ4v) is 3.37. The highest BCUT2D eigenvalue weighted by atomic mass is 32.2. The molecule has 0 N–H and O–H groups in total. The molecule has 0 fully saturated rings. The number of esters is 1. The van der Waals surface area contributed by atoms with Crippen LogP contribution in [-0.2, 0) is 11.2 Å². The molecular weight excluding hydrogens is 413 g/mol. The number of hydrogen-bond donors (Lipinski definition) is 0. The van der Waals surface area contributed by atoms with E-state index in [0.717, 1.165) is 41.5 Å². The summed E-state index contributed by atoms with van der Waals surface area (Å²) in [5.74, 6) is 0.363. The summed E-state index contributed by atoms with van der Waals surface area (Å²) in [5, 5.41) is 0. The van der Waals surface area contributed by atoms with Crippen LogP contribution in [0.5, 0.6) is 11.5 Å². The summed E-state index contributed by atoms with van der Waals surface area (Å²) in [6, 6.07) is 12.2. The second-order valence-electron chi connectivity index (χ2n) is 8.11. The van der Waals surface area contributed by atoms with Gasteiger partial charge in [-0.1, -0.05) is 24.3 Å². The van der Waals surface area contributed by atoms with Crippen molar-refractivity contribution >= 4 is 23.6 Å². The third-order valence-electron chi connectivity index (χ3n) is 4.59. The van der Waals surface area contributed by atoms with Gasteiger partial charge in [-0.3, -0.25) is 4.79 Å². The van der Waals surface area contributed by atoms with Crippen molar-refractivity contribution in [1.82, 2.24) is 0 Å². The van der Waals surface area contributed by atoms with Crippen molar-refractivity contribution in [2.24, 2.45) is 5.41 Å². The molecule has 0 saturated heterocycles. The second kappa shape index (κ2) is 8.76. The lowest BCUT2D eigenvalue weighted by Crippen LogP contribution is -2.25. The molecule has 0 spiro atoms. The predicted octanol–water partition coefficient (Wildman–Crippen LogP) is 6.95. The Morgan fingerprint density at radius 3 is 2.30 bits per heavy atom. The van der Waals surface area contributed by atoms with Gasteiger partial charge in [0.2, 0.25) is 0 Å². The zero-order valence-electron chi connectivity index (χ0n) is 17.0. The number of carbonyl (C=O) groups is 1. The molecule has 0 aliphatic heterocycles. The molecule has 30 heavy (non-hydrogen) atoms. The number of alkyl halides is 3. The minimum absolute atomic E-state index is 0.139. The van der Waals surface area contributed by atoms with Gasteiger partial charge in [-0.25, -0.2) is 0 Å². The number of halogens is 3. The molecule has 0 aromatic heterocycles. The van der Waals surface area contributed by atoms with Crippen molar-refractivity contribution < 1.29 is 26.9 Å². The highest BCUT2D eigenvalue weighted by molar-refractivity contribution is 7.95. The lowest BCUT2D eigenvalue weighted by molar-refractivity contribution is -0.143. The van der Waals surface area contributed by atoms with Gasteiger partial charge >= 0.3 is 11.5 Å². The fraction of sp³-hybridized carbons (Fsp3) is 0.348. The number of carbonyl (C=O) groups excluding carboxylic acids is 1. The maximum Gasteiger partial charge on any atom is 0.479 e. The predicted molar refractivity (Wildman–Crippen MR) is 112 cm³/mol. The van der Waals surface area contributed by atoms with E-state index in [2.05, 4.69) is 6.08 Å². The van der Waals surface area contributed by atoms with Gasteiger partial charge in [0.15, 0.2) is 12.0 Å². The number of ether oxygens (including phenoxy) is 1. The van der Waals surface area contributed by atoms with Crippen LogP contribution in [0.15, 0.2) is 48.5 Å². The molecule has 3 nitrogen and oxygen atoms in total. The Labute approximate surface area is 178 Å². The van der Waals surface area contributed by atoms with Crippen LogP contribution in [0.1, 0.15) is 50.3 Å². The monoisotopic (exact) mass is 436 g/mol. The summed E-state index contributed by atoms with van der Waals surface area (Å²) in [4.78, 5) is 12.2. The number of fused-ring (bicyclic) bond motifs is 1. The van der Waals surface area contributed by atoms with E-state index in [1.807, 2.05) is 12.1 Å². The number of hydrogen-bond acceptors (Lipinski definition) is 4. The molecule has 2 aromatic rings. The van der Waals surface area contributed by atoms with Gasteiger partial charge in [0.25, 0.3) is 0 Å². The second-order valence-corrected chi connectivity index (χ2v) is 8.90. The summed E-state index contributed by atoms with van der Waals surface area (Å²) in [7, 11) is 0. The van der Waals surface area contributed by atoms with E-state index in [9.17, 15) is 18.0 Å². The van der Waals surface area contributed by atoms with Crippen molar-refractivity contribution in [1.29, 1.82) is 0 Å². The van der Waals surface area contributed by atoms with Crippen LogP contribution in [0.2, 0.25) is 0 Å². The van der Waals surface area contributed by atoms with Crippen LogP contribution in [0.25, 0.3) is 5.57 Å². The van der Waals surface area contributed by atoms with Crippen LogP contribution in [0.4, 0.5) is 13.2 Å². The van der Waals surface area contributed by atoms with Gasteiger partial charge in [0.1, 0.15) is 11.5 Å². The smallest absolute Gasteiger partial charge is 0.426 e. The third-order valence-corrected chi connectivity index (χ3v) is 5.05. The number of allylic oxidation sites excluding steroid dienone is 1. The Balaban J connectivity index is 1.82. The quantitative estimate of drug-likeness (QED) is 0.295. The molecule has 0 amide bonds. The van der Waals surface area contributed by atoms with E-state index in [1.165, 1.54) is 12.1 Å². The van der Waals surface area contributed by atoms with E-state index in [0.29, 0.717) is 5.75 Å². The SMILES string of the molecule is CC(C)(C)C(=O)Oc1ccc2c(c1)CCCC=C2c1ccc(OSC(F)(F)F)cc1. The molecule has 0 heterocycles. The number of rotatable bonds is 4. The Morgan fingerprint density at radius 1 is 1.00 bits per heavy atom. The van der Waals surface area contributed by atoms with E-state index in [-0.39, 0.29) is 11.7 Å². The summed E-state index contributed by atoms with van der Waals surface area (Å²) in [6.45, 7) is 5.42. The zero-order valence-corrected chi connectivity index (χ0v) is 17.8. The van der Waals surface area contributed by atoms with E-state index in [4.69, 9.17) is 8.92 Å². The summed E-state index contributed by atoms with van der Waals surface area (Å²) in [6.07, 6.45) is 4.81. The van der Waals surface area contributed by atoms with Crippen molar-refractivity contribution in [3.05, 3.63) is 65.2 Å². The molecule has 0 atom stereocenters. The van der Waals surface area contributed by atoms with Crippen LogP contribution < -0.4 is 8.92 Å². The molecule has 0 saturated carbocycles. The standard InChI is InChI=1S/C23H23F3O3S/c1-22(2,3)21(27)28-18-12-13-20-16(14-18)6-4-5-7-19(20)15-8-10-17(11-9-15)29-30-23(24,25)26/h7-14H,4-6H2,1-3H3. The number of benzene rings is 2. The molecule has 3 rings (SSSR count). The van der Waals surface area contributed by atoms with Crippen molar-refractivity contribution in [2.45, 2.75) is 45.5 Å². The molecule has 1 aliphatic rings. The van der Waals surface area contributed by atoms with Gasteiger partial charge < -0.3 is 8.92 Å². The first-order valence-electron chi connectivity index (χ1n) is 9.61. The third kappa shape index (κ3) is 5.81. The average Bonchev–Trinajstić information content (AvgIpc) is 2.87. The zero-order chi connectivity index (χ0) is 21.9. The molecule has 7 heteroatoms. The first kappa shape index (κ1) is 22.3. The molecule has 0 radical (unpaired) electrons. The maximum absolute atomic E-state index is 12.3. The lowest BCUT2D eigenvalue weighted by atomic mass is 9.93.